The Bertz CT molecular complexity index is 111. The van der Waals surface area contributed by atoms with Crippen molar-refractivity contribution in [3.63, 3.8) is 0 Å². The number of hydrogen-bond donors (Lipinski definition) is 0. The molecule has 0 aromatic heterocycles. The van der Waals surface area contributed by atoms with Gasteiger partial charge in [0, 0.05) is 13.3 Å². The SMILES string of the molecule is CCC(=O)OC(C)=O.[CaH2]. The van der Waals surface area contributed by atoms with Crippen molar-refractivity contribution in [2.75, 3.05) is 0 Å². The van der Waals surface area contributed by atoms with Crippen LogP contribution >= 0.6 is 0 Å². The first kappa shape index (κ1) is 12.1. The number of hydrogen-bond acceptors (Lipinski definition) is 3. The van der Waals surface area contributed by atoms with Crippen LogP contribution in [0, 0.1) is 0 Å². The fraction of sp³-hybridized carbons (Fsp3) is 0.600. The molecule has 0 radical (unpaired) electrons. The third-order valence-corrected chi connectivity index (χ3v) is 0.546. The Morgan fingerprint density at radius 1 is 1.44 bits per heavy atom. The first-order chi connectivity index (χ1) is 3.66. The summed E-state index contributed by atoms with van der Waals surface area (Å²) in [7, 11) is 0. The number of rotatable bonds is 1. The summed E-state index contributed by atoms with van der Waals surface area (Å²) in [5.74, 6) is -1.02. The maximum absolute atomic E-state index is 10.2. The average Bonchev–Trinajstić information content (AvgIpc) is 1.65. The summed E-state index contributed by atoms with van der Waals surface area (Å²) in [5.41, 5.74) is 0. The van der Waals surface area contributed by atoms with Crippen LogP contribution in [-0.2, 0) is 14.3 Å². The summed E-state index contributed by atoms with van der Waals surface area (Å²) in [5, 5.41) is 0. The molecule has 0 fully saturated rings. The first-order valence-electron chi connectivity index (χ1n) is 2.38. The van der Waals surface area contributed by atoms with Gasteiger partial charge in [-0.1, -0.05) is 6.92 Å². The molecule has 0 N–H and O–H groups in total. The van der Waals surface area contributed by atoms with Gasteiger partial charge in [0.15, 0.2) is 0 Å². The van der Waals surface area contributed by atoms with Crippen LogP contribution in [0.5, 0.6) is 0 Å². The van der Waals surface area contributed by atoms with Crippen LogP contribution in [0.25, 0.3) is 0 Å². The Labute approximate surface area is 83.8 Å². The van der Waals surface area contributed by atoms with Gasteiger partial charge in [-0.05, 0) is 0 Å². The molecule has 0 aromatic carbocycles. The Balaban J connectivity index is 0. The summed E-state index contributed by atoms with van der Waals surface area (Å²) in [6.45, 7) is 2.83. The minimum atomic E-state index is -0.545. The summed E-state index contributed by atoms with van der Waals surface area (Å²) in [4.78, 5) is 20.1. The summed E-state index contributed by atoms with van der Waals surface area (Å²) < 4.78 is 4.12. The first-order valence-corrected chi connectivity index (χ1v) is 2.38. The van der Waals surface area contributed by atoms with E-state index in [-0.39, 0.29) is 44.2 Å². The molecule has 0 aromatic rings. The molecule has 0 rings (SSSR count). The van der Waals surface area contributed by atoms with Crippen molar-refractivity contribution in [2.45, 2.75) is 20.3 Å². The van der Waals surface area contributed by atoms with E-state index in [1.165, 1.54) is 6.92 Å². The van der Waals surface area contributed by atoms with E-state index in [1.54, 1.807) is 6.92 Å². The van der Waals surface area contributed by atoms with E-state index in [9.17, 15) is 9.59 Å². The van der Waals surface area contributed by atoms with Crippen LogP contribution in [0.15, 0.2) is 0 Å². The van der Waals surface area contributed by atoms with Crippen molar-refractivity contribution in [3.05, 3.63) is 0 Å². The van der Waals surface area contributed by atoms with Crippen LogP contribution in [-0.4, -0.2) is 49.7 Å². The zero-order valence-electron chi connectivity index (χ0n) is 4.93. The molecule has 0 atom stereocenters. The fourth-order valence-electron chi connectivity index (χ4n) is 0.232. The van der Waals surface area contributed by atoms with Crippen molar-refractivity contribution in [2.24, 2.45) is 0 Å². The molecular formula is C5H10CaO3. The van der Waals surface area contributed by atoms with Crippen molar-refractivity contribution >= 4 is 49.7 Å². The molecule has 0 saturated carbocycles. The molecule has 0 aliphatic heterocycles. The Hall–Kier alpha value is 0.400. The molecule has 0 amide bonds. The van der Waals surface area contributed by atoms with Gasteiger partial charge < -0.3 is 4.74 Å². The minimum absolute atomic E-state index is 0. The van der Waals surface area contributed by atoms with Gasteiger partial charge in [-0.15, -0.1) is 0 Å². The quantitative estimate of drug-likeness (QED) is 0.295. The zero-order valence-corrected chi connectivity index (χ0v) is 4.93. The molecule has 3 nitrogen and oxygen atoms in total. The molecule has 0 unspecified atom stereocenters. The monoisotopic (exact) mass is 158 g/mol. The molecule has 0 spiro atoms. The van der Waals surface area contributed by atoms with E-state index in [0.29, 0.717) is 0 Å². The second-order valence-electron chi connectivity index (χ2n) is 1.32. The molecule has 50 valence electrons. The molecule has 0 bridgehead atoms. The number of ether oxygens (including phenoxy) is 1. The van der Waals surface area contributed by atoms with Crippen molar-refractivity contribution < 1.29 is 14.3 Å². The number of esters is 2. The molecule has 0 saturated heterocycles. The van der Waals surface area contributed by atoms with Gasteiger partial charge in [-0.3, -0.25) is 9.59 Å². The van der Waals surface area contributed by atoms with Crippen molar-refractivity contribution in [3.8, 4) is 0 Å². The molecule has 9 heavy (non-hydrogen) atoms. The Morgan fingerprint density at radius 2 is 1.89 bits per heavy atom. The third-order valence-electron chi connectivity index (χ3n) is 0.546. The molecule has 0 aliphatic rings. The van der Waals surface area contributed by atoms with Crippen molar-refractivity contribution in [1.82, 2.24) is 0 Å². The van der Waals surface area contributed by atoms with Crippen LogP contribution < -0.4 is 0 Å². The van der Waals surface area contributed by atoms with E-state index in [2.05, 4.69) is 4.74 Å². The summed E-state index contributed by atoms with van der Waals surface area (Å²) >= 11 is 0. The van der Waals surface area contributed by atoms with Crippen LogP contribution in [0.4, 0.5) is 0 Å². The molecule has 0 heterocycles. The second-order valence-corrected chi connectivity index (χ2v) is 1.32. The molecule has 4 heteroatoms. The van der Waals surface area contributed by atoms with Gasteiger partial charge in [-0.25, -0.2) is 0 Å². The van der Waals surface area contributed by atoms with Crippen LogP contribution in [0.2, 0.25) is 0 Å². The van der Waals surface area contributed by atoms with Crippen molar-refractivity contribution in [1.29, 1.82) is 0 Å². The predicted octanol–water partition coefficient (Wildman–Crippen LogP) is -0.430. The summed E-state index contributed by atoms with van der Waals surface area (Å²) in [6.07, 6.45) is 0.250. The van der Waals surface area contributed by atoms with E-state index in [0.717, 1.165) is 0 Å². The zero-order chi connectivity index (χ0) is 6.57. The topological polar surface area (TPSA) is 43.4 Å². The molecular weight excluding hydrogens is 148 g/mol. The standard InChI is InChI=1S/C5H8O3.Ca.2H/c1-3-5(7)8-4(2)6;;;/h3H2,1-2H3;;;. The third kappa shape index (κ3) is 8.40. The van der Waals surface area contributed by atoms with Gasteiger partial charge in [0.1, 0.15) is 0 Å². The molecule has 0 aliphatic carbocycles. The van der Waals surface area contributed by atoms with E-state index < -0.39 is 11.9 Å². The number of carbonyl (C=O) groups excluding carboxylic acids is 2. The van der Waals surface area contributed by atoms with Crippen LogP contribution in [0.1, 0.15) is 20.3 Å². The second kappa shape index (κ2) is 6.52. The van der Waals surface area contributed by atoms with Gasteiger partial charge in [-0.2, -0.15) is 0 Å². The van der Waals surface area contributed by atoms with Crippen LogP contribution in [0.3, 0.4) is 0 Å². The van der Waals surface area contributed by atoms with E-state index in [1.807, 2.05) is 0 Å². The predicted molar refractivity (Wildman–Crippen MR) is 35.6 cm³/mol. The van der Waals surface area contributed by atoms with Gasteiger partial charge in [0.2, 0.25) is 0 Å². The van der Waals surface area contributed by atoms with E-state index >= 15 is 0 Å². The normalized spacial score (nSPS) is 7.33. The van der Waals surface area contributed by atoms with Gasteiger partial charge in [0.25, 0.3) is 0 Å². The van der Waals surface area contributed by atoms with E-state index in [4.69, 9.17) is 0 Å². The number of carbonyl (C=O) groups is 2. The van der Waals surface area contributed by atoms with Gasteiger partial charge >= 0.3 is 49.7 Å². The maximum atomic E-state index is 10.2. The fourth-order valence-corrected chi connectivity index (χ4v) is 0.232. The van der Waals surface area contributed by atoms with Gasteiger partial charge in [0.05, 0.1) is 0 Å². The summed E-state index contributed by atoms with van der Waals surface area (Å²) in [6, 6.07) is 0. The average molecular weight is 158 g/mol. The Morgan fingerprint density at radius 3 is 2.00 bits per heavy atom. The Kier molecular flexibility index (Phi) is 8.77.